The maximum atomic E-state index is 12.4. The van der Waals surface area contributed by atoms with Gasteiger partial charge in [-0.05, 0) is 37.6 Å². The molecule has 0 spiro atoms. The van der Waals surface area contributed by atoms with Crippen LogP contribution in [0.4, 0.5) is 0 Å². The fourth-order valence-electron chi connectivity index (χ4n) is 2.37. The molecule has 0 radical (unpaired) electrons. The summed E-state index contributed by atoms with van der Waals surface area (Å²) in [5, 5.41) is 2.87. The van der Waals surface area contributed by atoms with E-state index in [-0.39, 0.29) is 11.8 Å². The molecule has 0 aromatic heterocycles. The average molecular weight is 310 g/mol. The monoisotopic (exact) mass is 310 g/mol. The lowest BCUT2D eigenvalue weighted by Gasteiger charge is -2.18. The van der Waals surface area contributed by atoms with Crippen LogP contribution in [0.3, 0.4) is 0 Å². The number of carbonyl (C=O) groups is 2. The lowest BCUT2D eigenvalue weighted by molar-refractivity contribution is 0.0773. The lowest BCUT2D eigenvalue weighted by Crippen LogP contribution is -2.30. The third kappa shape index (κ3) is 4.42. The molecule has 1 N–H and O–H groups in total. The van der Waals surface area contributed by atoms with Gasteiger partial charge in [-0.25, -0.2) is 0 Å². The minimum Gasteiger partial charge on any atom is -0.348 e. The summed E-state index contributed by atoms with van der Waals surface area (Å²) < 4.78 is 0. The van der Waals surface area contributed by atoms with Crippen LogP contribution in [0.5, 0.6) is 0 Å². The molecule has 4 heteroatoms. The van der Waals surface area contributed by atoms with E-state index in [4.69, 9.17) is 0 Å². The van der Waals surface area contributed by atoms with Crippen molar-refractivity contribution < 1.29 is 9.59 Å². The highest BCUT2D eigenvalue weighted by molar-refractivity contribution is 5.99. The fourth-order valence-corrected chi connectivity index (χ4v) is 2.37. The Morgan fingerprint density at radius 2 is 1.57 bits per heavy atom. The lowest BCUT2D eigenvalue weighted by atomic mass is 10.1. The quantitative estimate of drug-likeness (QED) is 0.891. The van der Waals surface area contributed by atoms with Gasteiger partial charge in [0.25, 0.3) is 11.8 Å². The number of hydrogen-bond donors (Lipinski definition) is 1. The predicted octanol–water partition coefficient (Wildman–Crippen LogP) is 3.10. The van der Waals surface area contributed by atoms with Crippen LogP contribution >= 0.6 is 0 Å². The van der Waals surface area contributed by atoms with E-state index in [1.54, 1.807) is 29.2 Å². The molecule has 0 saturated carbocycles. The molecule has 2 amide bonds. The van der Waals surface area contributed by atoms with Crippen LogP contribution in [0.2, 0.25) is 0 Å². The molecule has 23 heavy (non-hydrogen) atoms. The molecular formula is C19H22N2O2. The van der Waals surface area contributed by atoms with E-state index >= 15 is 0 Å². The third-order valence-corrected chi connectivity index (χ3v) is 3.72. The number of nitrogens with zero attached hydrogens (tertiary/aromatic N) is 1. The Hall–Kier alpha value is -2.62. The molecule has 0 bridgehead atoms. The average Bonchev–Trinajstić information content (AvgIpc) is 2.61. The Bertz CT molecular complexity index is 664. The van der Waals surface area contributed by atoms with Crippen LogP contribution in [-0.2, 0) is 6.54 Å². The van der Waals surface area contributed by atoms with Gasteiger partial charge in [0.1, 0.15) is 0 Å². The van der Waals surface area contributed by atoms with Gasteiger partial charge in [0, 0.05) is 30.8 Å². The highest BCUT2D eigenvalue weighted by atomic mass is 16.2. The second kappa shape index (κ2) is 8.13. The van der Waals surface area contributed by atoms with Gasteiger partial charge >= 0.3 is 0 Å². The molecule has 2 aromatic carbocycles. The molecule has 0 aliphatic rings. The third-order valence-electron chi connectivity index (χ3n) is 3.72. The molecule has 0 heterocycles. The van der Waals surface area contributed by atoms with E-state index < -0.39 is 0 Å². The van der Waals surface area contributed by atoms with Crippen LogP contribution in [-0.4, -0.2) is 29.8 Å². The first kappa shape index (κ1) is 16.7. The van der Waals surface area contributed by atoms with Crippen LogP contribution in [0.1, 0.15) is 40.1 Å². The summed E-state index contributed by atoms with van der Waals surface area (Å²) in [6.45, 7) is 5.66. The van der Waals surface area contributed by atoms with Crippen molar-refractivity contribution in [2.75, 3.05) is 13.1 Å². The minimum absolute atomic E-state index is 0.0484. The summed E-state index contributed by atoms with van der Waals surface area (Å²) in [5.74, 6) is -0.226. The van der Waals surface area contributed by atoms with Crippen LogP contribution in [0, 0.1) is 0 Å². The van der Waals surface area contributed by atoms with Gasteiger partial charge in [0.2, 0.25) is 0 Å². The van der Waals surface area contributed by atoms with Crippen molar-refractivity contribution in [3.05, 3.63) is 71.3 Å². The zero-order valence-corrected chi connectivity index (χ0v) is 13.6. The van der Waals surface area contributed by atoms with E-state index in [1.807, 2.05) is 44.2 Å². The Morgan fingerprint density at radius 1 is 0.913 bits per heavy atom. The minimum atomic E-state index is -0.178. The van der Waals surface area contributed by atoms with Crippen molar-refractivity contribution in [3.63, 3.8) is 0 Å². The Labute approximate surface area is 137 Å². The molecule has 0 aliphatic heterocycles. The SMILES string of the molecule is CCN(CC)C(=O)c1cccc(C(=O)NCc2ccccc2)c1. The highest BCUT2D eigenvalue weighted by Crippen LogP contribution is 2.09. The van der Waals surface area contributed by atoms with Crippen molar-refractivity contribution in [2.45, 2.75) is 20.4 Å². The second-order valence-corrected chi connectivity index (χ2v) is 5.23. The number of hydrogen-bond acceptors (Lipinski definition) is 2. The van der Waals surface area contributed by atoms with Crippen LogP contribution < -0.4 is 5.32 Å². The molecule has 4 nitrogen and oxygen atoms in total. The van der Waals surface area contributed by atoms with Gasteiger partial charge in [-0.15, -0.1) is 0 Å². The van der Waals surface area contributed by atoms with Gasteiger partial charge in [0.05, 0.1) is 0 Å². The highest BCUT2D eigenvalue weighted by Gasteiger charge is 2.14. The van der Waals surface area contributed by atoms with Crippen molar-refractivity contribution in [3.8, 4) is 0 Å². The largest absolute Gasteiger partial charge is 0.348 e. The molecule has 2 aromatic rings. The van der Waals surface area contributed by atoms with E-state index in [9.17, 15) is 9.59 Å². The normalized spacial score (nSPS) is 10.2. The standard InChI is InChI=1S/C19H22N2O2/c1-3-21(4-2)19(23)17-12-8-11-16(13-17)18(22)20-14-15-9-6-5-7-10-15/h5-13H,3-4,14H2,1-2H3,(H,20,22). The first-order valence-corrected chi connectivity index (χ1v) is 7.87. The second-order valence-electron chi connectivity index (χ2n) is 5.23. The summed E-state index contributed by atoms with van der Waals surface area (Å²) in [4.78, 5) is 26.4. The smallest absolute Gasteiger partial charge is 0.253 e. The van der Waals surface area contributed by atoms with Gasteiger partial charge in [-0.1, -0.05) is 36.4 Å². The van der Waals surface area contributed by atoms with Crippen molar-refractivity contribution in [1.29, 1.82) is 0 Å². The first-order chi connectivity index (χ1) is 11.2. The van der Waals surface area contributed by atoms with Gasteiger partial charge in [-0.2, -0.15) is 0 Å². The Kier molecular flexibility index (Phi) is 5.92. The molecule has 0 saturated heterocycles. The molecule has 120 valence electrons. The van der Waals surface area contributed by atoms with Gasteiger partial charge < -0.3 is 10.2 Å². The van der Waals surface area contributed by atoms with Gasteiger partial charge in [0.15, 0.2) is 0 Å². The van der Waals surface area contributed by atoms with Crippen molar-refractivity contribution in [1.82, 2.24) is 10.2 Å². The number of benzene rings is 2. The molecule has 0 fully saturated rings. The molecule has 0 unspecified atom stereocenters. The Morgan fingerprint density at radius 3 is 2.22 bits per heavy atom. The number of nitrogens with one attached hydrogen (secondary N) is 1. The Balaban J connectivity index is 2.06. The summed E-state index contributed by atoms with van der Waals surface area (Å²) in [6, 6.07) is 16.6. The molecule has 0 aliphatic carbocycles. The zero-order valence-electron chi connectivity index (χ0n) is 13.6. The summed E-state index contributed by atoms with van der Waals surface area (Å²) >= 11 is 0. The summed E-state index contributed by atoms with van der Waals surface area (Å²) in [7, 11) is 0. The molecule has 2 rings (SSSR count). The zero-order chi connectivity index (χ0) is 16.7. The van der Waals surface area contributed by atoms with Crippen LogP contribution in [0.25, 0.3) is 0 Å². The van der Waals surface area contributed by atoms with E-state index in [0.717, 1.165) is 5.56 Å². The van der Waals surface area contributed by atoms with Crippen LogP contribution in [0.15, 0.2) is 54.6 Å². The van der Waals surface area contributed by atoms with Crippen molar-refractivity contribution >= 4 is 11.8 Å². The van der Waals surface area contributed by atoms with E-state index in [0.29, 0.717) is 30.8 Å². The van der Waals surface area contributed by atoms with E-state index in [1.165, 1.54) is 0 Å². The number of carbonyl (C=O) groups excluding carboxylic acids is 2. The topological polar surface area (TPSA) is 49.4 Å². The summed E-state index contributed by atoms with van der Waals surface area (Å²) in [5.41, 5.74) is 2.08. The number of rotatable bonds is 6. The molecular weight excluding hydrogens is 288 g/mol. The number of amides is 2. The first-order valence-electron chi connectivity index (χ1n) is 7.87. The fraction of sp³-hybridized carbons (Fsp3) is 0.263. The summed E-state index contributed by atoms with van der Waals surface area (Å²) in [6.07, 6.45) is 0. The molecule has 0 atom stereocenters. The van der Waals surface area contributed by atoms with Crippen molar-refractivity contribution in [2.24, 2.45) is 0 Å². The van der Waals surface area contributed by atoms with E-state index in [2.05, 4.69) is 5.32 Å². The maximum Gasteiger partial charge on any atom is 0.253 e. The predicted molar refractivity (Wildman–Crippen MR) is 91.3 cm³/mol. The maximum absolute atomic E-state index is 12.4. The van der Waals surface area contributed by atoms with Gasteiger partial charge in [-0.3, -0.25) is 9.59 Å².